The molecule has 138 valence electrons. The number of carbonyl (C=O) groups is 1. The zero-order chi connectivity index (χ0) is 17.5. The van der Waals surface area contributed by atoms with Crippen molar-refractivity contribution in [3.63, 3.8) is 0 Å². The summed E-state index contributed by atoms with van der Waals surface area (Å²) < 4.78 is 0. The van der Waals surface area contributed by atoms with Gasteiger partial charge in [0.15, 0.2) is 0 Å². The van der Waals surface area contributed by atoms with Crippen molar-refractivity contribution in [2.75, 3.05) is 44.2 Å². The Morgan fingerprint density at radius 2 is 1.76 bits per heavy atom. The summed E-state index contributed by atoms with van der Waals surface area (Å²) in [6.07, 6.45) is 5.48. The van der Waals surface area contributed by atoms with E-state index in [1.54, 1.807) is 0 Å². The Morgan fingerprint density at radius 1 is 1.08 bits per heavy atom. The average molecular weight is 345 g/mol. The molecular weight excluding hydrogens is 314 g/mol. The van der Waals surface area contributed by atoms with Crippen molar-refractivity contribution in [3.8, 4) is 0 Å². The van der Waals surface area contributed by atoms with E-state index in [1.165, 1.54) is 5.69 Å². The van der Waals surface area contributed by atoms with Gasteiger partial charge in [-0.2, -0.15) is 0 Å². The number of nitrogens with one attached hydrogen (secondary N) is 1. The third-order valence-corrected chi connectivity index (χ3v) is 5.64. The van der Waals surface area contributed by atoms with E-state index in [-0.39, 0.29) is 18.1 Å². The molecule has 0 radical (unpaired) electrons. The molecule has 0 unspecified atom stereocenters. The summed E-state index contributed by atoms with van der Waals surface area (Å²) in [4.78, 5) is 17.1. The van der Waals surface area contributed by atoms with Gasteiger partial charge in [0.1, 0.15) is 0 Å². The van der Waals surface area contributed by atoms with E-state index >= 15 is 0 Å². The Balaban J connectivity index is 1.34. The van der Waals surface area contributed by atoms with Gasteiger partial charge in [0, 0.05) is 38.3 Å². The van der Waals surface area contributed by atoms with Crippen molar-refractivity contribution in [2.24, 2.45) is 0 Å². The van der Waals surface area contributed by atoms with Crippen molar-refractivity contribution in [1.29, 1.82) is 0 Å². The lowest BCUT2D eigenvalue weighted by Crippen LogP contribution is -2.49. The maximum Gasteiger partial charge on any atom is 0.220 e. The normalized spacial score (nSPS) is 20.6. The van der Waals surface area contributed by atoms with Crippen LogP contribution < -0.4 is 10.2 Å². The number of anilines is 1. The van der Waals surface area contributed by atoms with Crippen molar-refractivity contribution in [1.82, 2.24) is 10.2 Å². The minimum atomic E-state index is -0.335. The number of para-hydroxylation sites is 1. The third-order valence-electron chi connectivity index (χ3n) is 5.64. The number of nitrogens with zero attached hydrogens (tertiary/aromatic N) is 2. The molecule has 0 aromatic heterocycles. The zero-order valence-electron chi connectivity index (χ0n) is 15.1. The summed E-state index contributed by atoms with van der Waals surface area (Å²) in [6, 6.07) is 10.6. The van der Waals surface area contributed by atoms with Gasteiger partial charge in [-0.05, 0) is 37.9 Å². The summed E-state index contributed by atoms with van der Waals surface area (Å²) >= 11 is 0. The Hall–Kier alpha value is -1.59. The van der Waals surface area contributed by atoms with Gasteiger partial charge in [0.2, 0.25) is 5.91 Å². The molecule has 1 heterocycles. The summed E-state index contributed by atoms with van der Waals surface area (Å²) in [6.45, 7) is 5.24. The van der Waals surface area contributed by atoms with E-state index in [0.717, 1.165) is 64.8 Å². The highest BCUT2D eigenvalue weighted by Gasteiger charge is 2.34. The highest BCUT2D eigenvalue weighted by Crippen LogP contribution is 2.29. The smallest absolute Gasteiger partial charge is 0.220 e. The molecule has 1 aromatic carbocycles. The van der Waals surface area contributed by atoms with Crippen molar-refractivity contribution in [3.05, 3.63) is 30.3 Å². The molecule has 1 aliphatic carbocycles. The first kappa shape index (κ1) is 18.2. The van der Waals surface area contributed by atoms with Crippen LogP contribution in [0.4, 0.5) is 5.69 Å². The van der Waals surface area contributed by atoms with Crippen LogP contribution in [-0.4, -0.2) is 60.8 Å². The lowest BCUT2D eigenvalue weighted by Gasteiger charge is -2.36. The second-order valence-electron chi connectivity index (χ2n) is 7.46. The summed E-state index contributed by atoms with van der Waals surface area (Å²) in [5.41, 5.74) is 0.964. The van der Waals surface area contributed by atoms with Crippen LogP contribution in [0.2, 0.25) is 0 Å². The van der Waals surface area contributed by atoms with Crippen LogP contribution in [0.1, 0.15) is 38.5 Å². The number of benzene rings is 1. The van der Waals surface area contributed by atoms with E-state index < -0.39 is 0 Å². The SMILES string of the molecule is O=C(CCCN1CCN(c2ccccc2)CC1)NC1(CO)CCCC1. The van der Waals surface area contributed by atoms with Crippen molar-refractivity contribution in [2.45, 2.75) is 44.1 Å². The highest BCUT2D eigenvalue weighted by molar-refractivity contribution is 5.76. The van der Waals surface area contributed by atoms with Gasteiger partial charge in [-0.3, -0.25) is 9.69 Å². The molecule has 1 saturated heterocycles. The number of amides is 1. The molecule has 25 heavy (non-hydrogen) atoms. The Morgan fingerprint density at radius 3 is 2.40 bits per heavy atom. The van der Waals surface area contributed by atoms with Crippen molar-refractivity contribution >= 4 is 11.6 Å². The number of hydrogen-bond donors (Lipinski definition) is 2. The summed E-state index contributed by atoms with van der Waals surface area (Å²) in [7, 11) is 0. The predicted molar refractivity (Wildman–Crippen MR) is 101 cm³/mol. The highest BCUT2D eigenvalue weighted by atomic mass is 16.3. The molecule has 0 atom stereocenters. The largest absolute Gasteiger partial charge is 0.394 e. The van der Waals surface area contributed by atoms with Gasteiger partial charge in [-0.15, -0.1) is 0 Å². The first-order valence-electron chi connectivity index (χ1n) is 9.65. The van der Waals surface area contributed by atoms with Crippen LogP contribution in [-0.2, 0) is 4.79 Å². The van der Waals surface area contributed by atoms with Crippen LogP contribution in [0.5, 0.6) is 0 Å². The van der Waals surface area contributed by atoms with E-state index in [0.29, 0.717) is 6.42 Å². The van der Waals surface area contributed by atoms with Crippen LogP contribution in [0.25, 0.3) is 0 Å². The molecule has 1 aromatic rings. The van der Waals surface area contributed by atoms with Gasteiger partial charge in [0.05, 0.1) is 12.1 Å². The van der Waals surface area contributed by atoms with E-state index in [1.807, 2.05) is 0 Å². The first-order valence-corrected chi connectivity index (χ1v) is 9.65. The maximum atomic E-state index is 12.2. The van der Waals surface area contributed by atoms with Gasteiger partial charge >= 0.3 is 0 Å². The second-order valence-corrected chi connectivity index (χ2v) is 7.46. The molecule has 1 amide bonds. The first-order chi connectivity index (χ1) is 12.2. The topological polar surface area (TPSA) is 55.8 Å². The number of rotatable bonds is 7. The quantitative estimate of drug-likeness (QED) is 0.794. The molecular formula is C20H31N3O2. The fourth-order valence-electron chi connectivity index (χ4n) is 4.06. The molecule has 5 nitrogen and oxygen atoms in total. The number of hydrogen-bond acceptors (Lipinski definition) is 4. The lowest BCUT2D eigenvalue weighted by atomic mass is 9.98. The molecule has 0 spiro atoms. The Bertz CT molecular complexity index is 535. The summed E-state index contributed by atoms with van der Waals surface area (Å²) in [5, 5.41) is 12.7. The average Bonchev–Trinajstić information content (AvgIpc) is 3.12. The summed E-state index contributed by atoms with van der Waals surface area (Å²) in [5.74, 6) is 0.0962. The number of piperazine rings is 1. The molecule has 2 aliphatic rings. The molecule has 1 aliphatic heterocycles. The molecule has 5 heteroatoms. The molecule has 1 saturated carbocycles. The van der Waals surface area contributed by atoms with E-state index in [2.05, 4.69) is 45.4 Å². The molecule has 2 N–H and O–H groups in total. The minimum absolute atomic E-state index is 0.0696. The van der Waals surface area contributed by atoms with Crippen LogP contribution >= 0.6 is 0 Å². The number of aliphatic hydroxyl groups excluding tert-OH is 1. The Kier molecular flexibility index (Phi) is 6.32. The Labute approximate surface area is 151 Å². The lowest BCUT2D eigenvalue weighted by molar-refractivity contribution is -0.123. The van der Waals surface area contributed by atoms with Gasteiger partial charge in [-0.1, -0.05) is 31.0 Å². The number of carbonyl (C=O) groups excluding carboxylic acids is 1. The molecule has 2 fully saturated rings. The predicted octanol–water partition coefficient (Wildman–Crippen LogP) is 2.01. The third kappa shape index (κ3) is 4.95. The number of aliphatic hydroxyl groups is 1. The maximum absolute atomic E-state index is 12.2. The van der Waals surface area contributed by atoms with Gasteiger partial charge < -0.3 is 15.3 Å². The van der Waals surface area contributed by atoms with Crippen LogP contribution in [0, 0.1) is 0 Å². The molecule has 0 bridgehead atoms. The van der Waals surface area contributed by atoms with E-state index in [9.17, 15) is 9.90 Å². The van der Waals surface area contributed by atoms with Gasteiger partial charge in [0.25, 0.3) is 0 Å². The minimum Gasteiger partial charge on any atom is -0.394 e. The van der Waals surface area contributed by atoms with Gasteiger partial charge in [-0.25, -0.2) is 0 Å². The standard InChI is InChI=1S/C20H31N3O2/c24-17-20(10-4-5-11-20)21-19(25)9-6-12-22-13-15-23(16-14-22)18-7-2-1-3-8-18/h1-3,7-8,24H,4-6,9-17H2,(H,21,25). The fourth-order valence-corrected chi connectivity index (χ4v) is 4.06. The van der Waals surface area contributed by atoms with Crippen LogP contribution in [0.3, 0.4) is 0 Å². The van der Waals surface area contributed by atoms with E-state index in [4.69, 9.17) is 0 Å². The zero-order valence-corrected chi connectivity index (χ0v) is 15.1. The monoisotopic (exact) mass is 345 g/mol. The second kappa shape index (κ2) is 8.68. The van der Waals surface area contributed by atoms with Crippen molar-refractivity contribution < 1.29 is 9.90 Å². The fraction of sp³-hybridized carbons (Fsp3) is 0.650. The molecule has 3 rings (SSSR count). The van der Waals surface area contributed by atoms with Crippen LogP contribution in [0.15, 0.2) is 30.3 Å².